The second-order valence-corrected chi connectivity index (χ2v) is 9.85. The molecule has 2 aromatic carbocycles. The van der Waals surface area contributed by atoms with E-state index >= 15 is 0 Å². The number of carbonyl (C=O) groups excluding carboxylic acids is 1. The molecule has 4 rings (SSSR count). The zero-order chi connectivity index (χ0) is 22.9. The van der Waals surface area contributed by atoms with Crippen molar-refractivity contribution in [1.29, 1.82) is 0 Å². The minimum atomic E-state index is -3.43. The third-order valence-electron chi connectivity index (χ3n) is 5.65. The molecule has 0 spiro atoms. The molecule has 1 saturated heterocycles. The van der Waals surface area contributed by atoms with Crippen molar-refractivity contribution >= 4 is 21.6 Å². The van der Waals surface area contributed by atoms with Gasteiger partial charge < -0.3 is 19.9 Å². The van der Waals surface area contributed by atoms with Gasteiger partial charge in [-0.1, -0.05) is 18.2 Å². The quantitative estimate of drug-likeness (QED) is 0.577. The lowest BCUT2D eigenvalue weighted by molar-refractivity contribution is -0.142. The summed E-state index contributed by atoms with van der Waals surface area (Å²) in [4.78, 5) is 12.5. The summed E-state index contributed by atoms with van der Waals surface area (Å²) in [5.74, 6) is -0.240. The Morgan fingerprint density at radius 3 is 2.75 bits per heavy atom. The standard InChI is InChI=1S/C22H25FN2O6S/c1-32(28,29)25-14-6-7-19-16(8-14)17-9-15(30-20(12-26)22(17)31-19)10-21(27)24-11-13-4-2-3-5-18(13)23/h2-8,15,17,20,22,25-26H,9-12H2,1H3,(H,24,27)/t15-,17+,20-,22-/m0/s1. The van der Waals surface area contributed by atoms with Gasteiger partial charge in [-0.15, -0.1) is 0 Å². The Kier molecular flexibility index (Phi) is 6.36. The van der Waals surface area contributed by atoms with Crippen LogP contribution in [0.3, 0.4) is 0 Å². The van der Waals surface area contributed by atoms with Crippen molar-refractivity contribution in [2.75, 3.05) is 17.6 Å². The number of aliphatic hydroxyl groups excluding tert-OH is 1. The summed E-state index contributed by atoms with van der Waals surface area (Å²) >= 11 is 0. The van der Waals surface area contributed by atoms with Gasteiger partial charge in [-0.25, -0.2) is 12.8 Å². The molecule has 32 heavy (non-hydrogen) atoms. The highest BCUT2D eigenvalue weighted by molar-refractivity contribution is 7.92. The third-order valence-corrected chi connectivity index (χ3v) is 6.26. The normalized spacial score (nSPS) is 24.2. The van der Waals surface area contributed by atoms with E-state index in [1.807, 2.05) is 0 Å². The van der Waals surface area contributed by atoms with Crippen molar-refractivity contribution in [2.24, 2.45) is 0 Å². The topological polar surface area (TPSA) is 114 Å². The Bertz CT molecular complexity index is 1110. The Morgan fingerprint density at radius 2 is 2.03 bits per heavy atom. The first-order valence-electron chi connectivity index (χ1n) is 10.3. The fraction of sp³-hybridized carbons (Fsp3) is 0.409. The Balaban J connectivity index is 1.45. The molecule has 1 amide bonds. The molecule has 0 radical (unpaired) electrons. The summed E-state index contributed by atoms with van der Waals surface area (Å²) in [6.45, 7) is -0.211. The van der Waals surface area contributed by atoms with E-state index in [0.717, 1.165) is 11.8 Å². The van der Waals surface area contributed by atoms with E-state index in [4.69, 9.17) is 9.47 Å². The highest BCUT2D eigenvalue weighted by Gasteiger charge is 2.46. The molecule has 0 saturated carbocycles. The van der Waals surface area contributed by atoms with Crippen LogP contribution < -0.4 is 14.8 Å². The highest BCUT2D eigenvalue weighted by Crippen LogP contribution is 2.47. The van der Waals surface area contributed by atoms with Gasteiger partial charge in [0.05, 0.1) is 25.4 Å². The molecule has 10 heteroatoms. The second kappa shape index (κ2) is 9.05. The summed E-state index contributed by atoms with van der Waals surface area (Å²) in [5.41, 5.74) is 1.62. The molecule has 0 aliphatic carbocycles. The molecular formula is C22H25FN2O6S. The summed E-state index contributed by atoms with van der Waals surface area (Å²) in [6.07, 6.45) is 0.0493. The summed E-state index contributed by atoms with van der Waals surface area (Å²) in [6, 6.07) is 11.2. The first-order valence-corrected chi connectivity index (χ1v) is 12.2. The number of benzene rings is 2. The molecule has 0 unspecified atom stereocenters. The summed E-state index contributed by atoms with van der Waals surface area (Å²) < 4.78 is 51.2. The van der Waals surface area contributed by atoms with Crippen LogP contribution in [0.1, 0.15) is 29.9 Å². The monoisotopic (exact) mass is 464 g/mol. The van der Waals surface area contributed by atoms with Crippen LogP contribution in [0.2, 0.25) is 0 Å². The van der Waals surface area contributed by atoms with E-state index in [0.29, 0.717) is 23.4 Å². The summed E-state index contributed by atoms with van der Waals surface area (Å²) in [7, 11) is -3.43. The molecule has 2 aromatic rings. The fourth-order valence-electron chi connectivity index (χ4n) is 4.28. The lowest BCUT2D eigenvalue weighted by Crippen LogP contribution is -2.47. The average Bonchev–Trinajstić information content (AvgIpc) is 3.09. The first kappa shape index (κ1) is 22.5. The molecule has 8 nitrogen and oxygen atoms in total. The van der Waals surface area contributed by atoms with Crippen molar-refractivity contribution in [3.63, 3.8) is 0 Å². The number of sulfonamides is 1. The number of ether oxygens (including phenoxy) is 2. The van der Waals surface area contributed by atoms with Gasteiger partial charge in [0.1, 0.15) is 23.8 Å². The number of rotatable bonds is 7. The van der Waals surface area contributed by atoms with Crippen LogP contribution >= 0.6 is 0 Å². The van der Waals surface area contributed by atoms with Crippen molar-refractivity contribution in [1.82, 2.24) is 5.32 Å². The van der Waals surface area contributed by atoms with Gasteiger partial charge in [0.15, 0.2) is 0 Å². The number of fused-ring (bicyclic) bond motifs is 3. The predicted octanol–water partition coefficient (Wildman–Crippen LogP) is 1.90. The molecule has 0 bridgehead atoms. The minimum Gasteiger partial charge on any atom is -0.487 e. The zero-order valence-electron chi connectivity index (χ0n) is 17.5. The molecule has 172 valence electrons. The van der Waals surface area contributed by atoms with Crippen LogP contribution in [0, 0.1) is 5.82 Å². The largest absolute Gasteiger partial charge is 0.487 e. The third kappa shape index (κ3) is 5.03. The van der Waals surface area contributed by atoms with E-state index in [1.165, 1.54) is 6.07 Å². The van der Waals surface area contributed by atoms with Gasteiger partial charge >= 0.3 is 0 Å². The SMILES string of the molecule is CS(=O)(=O)Nc1ccc2c(c1)[C@H]1C[C@@H](CC(=O)NCc3ccccc3F)O[C@@H](CO)[C@H]1O2. The van der Waals surface area contributed by atoms with Crippen LogP contribution in [0.15, 0.2) is 42.5 Å². The molecule has 1 fully saturated rings. The van der Waals surface area contributed by atoms with Crippen LogP contribution in [0.25, 0.3) is 0 Å². The van der Waals surface area contributed by atoms with Crippen LogP contribution in [-0.4, -0.2) is 50.6 Å². The maximum Gasteiger partial charge on any atom is 0.229 e. The highest BCUT2D eigenvalue weighted by atomic mass is 32.2. The average molecular weight is 465 g/mol. The Hall–Kier alpha value is -2.69. The second-order valence-electron chi connectivity index (χ2n) is 8.10. The van der Waals surface area contributed by atoms with E-state index < -0.39 is 28.3 Å². The van der Waals surface area contributed by atoms with Crippen molar-refractivity contribution in [3.8, 4) is 5.75 Å². The van der Waals surface area contributed by atoms with Crippen molar-refractivity contribution in [2.45, 2.75) is 43.6 Å². The molecule has 4 atom stereocenters. The van der Waals surface area contributed by atoms with E-state index in [2.05, 4.69) is 10.0 Å². The molecule has 2 heterocycles. The lowest BCUT2D eigenvalue weighted by atomic mass is 9.84. The van der Waals surface area contributed by atoms with Gasteiger partial charge in [-0.2, -0.15) is 0 Å². The number of amides is 1. The number of hydrogen-bond acceptors (Lipinski definition) is 6. The van der Waals surface area contributed by atoms with Crippen LogP contribution in [-0.2, 0) is 26.1 Å². The van der Waals surface area contributed by atoms with E-state index in [-0.39, 0.29) is 37.2 Å². The number of hydrogen-bond donors (Lipinski definition) is 3. The Morgan fingerprint density at radius 1 is 1.25 bits per heavy atom. The number of halogens is 1. The molecule has 0 aromatic heterocycles. The van der Waals surface area contributed by atoms with Gasteiger partial charge in [-0.05, 0) is 30.7 Å². The zero-order valence-corrected chi connectivity index (χ0v) is 18.3. The minimum absolute atomic E-state index is 0.0464. The number of aliphatic hydroxyl groups is 1. The van der Waals surface area contributed by atoms with Crippen molar-refractivity contribution in [3.05, 3.63) is 59.4 Å². The van der Waals surface area contributed by atoms with Gasteiger partial charge in [0.2, 0.25) is 15.9 Å². The Labute approximate surface area is 185 Å². The van der Waals surface area contributed by atoms with E-state index in [1.54, 1.807) is 36.4 Å². The van der Waals surface area contributed by atoms with E-state index in [9.17, 15) is 22.7 Å². The maximum atomic E-state index is 13.8. The van der Waals surface area contributed by atoms with Crippen LogP contribution in [0.5, 0.6) is 5.75 Å². The predicted molar refractivity (Wildman–Crippen MR) is 115 cm³/mol. The maximum absolute atomic E-state index is 13.8. The summed E-state index contributed by atoms with van der Waals surface area (Å²) in [5, 5.41) is 12.5. The molecule has 2 aliphatic rings. The molecule has 2 aliphatic heterocycles. The number of nitrogens with one attached hydrogen (secondary N) is 2. The fourth-order valence-corrected chi connectivity index (χ4v) is 4.84. The number of anilines is 1. The van der Waals surface area contributed by atoms with Gasteiger partial charge in [0.25, 0.3) is 0 Å². The van der Waals surface area contributed by atoms with Gasteiger partial charge in [-0.3, -0.25) is 9.52 Å². The molecular weight excluding hydrogens is 439 g/mol. The van der Waals surface area contributed by atoms with Crippen LogP contribution in [0.4, 0.5) is 10.1 Å². The smallest absolute Gasteiger partial charge is 0.229 e. The number of carbonyl (C=O) groups is 1. The lowest BCUT2D eigenvalue weighted by Gasteiger charge is -2.37. The van der Waals surface area contributed by atoms with Gasteiger partial charge in [0, 0.05) is 29.3 Å². The molecule has 3 N–H and O–H groups in total. The first-order chi connectivity index (χ1) is 15.2. The van der Waals surface area contributed by atoms with Crippen molar-refractivity contribution < 1.29 is 32.2 Å².